The Hall–Kier alpha value is -4.94. The van der Waals surface area contributed by atoms with E-state index in [2.05, 4.69) is 32.4 Å². The number of pyridine rings is 1. The van der Waals surface area contributed by atoms with E-state index in [4.69, 9.17) is 16.3 Å². The maximum atomic E-state index is 14.2. The second-order valence-corrected chi connectivity index (χ2v) is 11.8. The Morgan fingerprint density at radius 1 is 0.980 bits per heavy atom. The number of hydrogen-bond donors (Lipinski definition) is 1. The second kappa shape index (κ2) is 16.0. The number of aromatic nitrogens is 7. The van der Waals surface area contributed by atoms with E-state index in [1.54, 1.807) is 14.1 Å². The van der Waals surface area contributed by atoms with E-state index in [9.17, 15) is 14.7 Å². The molecule has 0 fully saturated rings. The van der Waals surface area contributed by atoms with Gasteiger partial charge >= 0.3 is 0 Å². The molecule has 1 unspecified atom stereocenters. The van der Waals surface area contributed by atoms with E-state index in [1.165, 1.54) is 12.1 Å². The van der Waals surface area contributed by atoms with Crippen LogP contribution in [0.25, 0.3) is 22.5 Å². The number of hydrogen-bond acceptors (Lipinski definition) is 9. The Morgan fingerprint density at radius 3 is 2.43 bits per heavy atom. The number of nitrogens with zero attached hydrogens (tertiary/aromatic N) is 8. The maximum Gasteiger partial charge on any atom is 0.272 e. The van der Waals surface area contributed by atoms with Crippen molar-refractivity contribution in [3.63, 3.8) is 0 Å². The molecular formula is C36H41ClN8O4. The van der Waals surface area contributed by atoms with Crippen molar-refractivity contribution < 1.29 is 19.4 Å². The molecule has 0 spiro atoms. The lowest BCUT2D eigenvalue weighted by Gasteiger charge is -2.18. The first-order chi connectivity index (χ1) is 23.7. The van der Waals surface area contributed by atoms with Crippen LogP contribution in [-0.4, -0.2) is 76.1 Å². The summed E-state index contributed by atoms with van der Waals surface area (Å²) < 4.78 is 9.24. The maximum absolute atomic E-state index is 14.2. The van der Waals surface area contributed by atoms with Crippen LogP contribution in [0.3, 0.4) is 0 Å². The number of rotatable bonds is 15. The first-order valence-corrected chi connectivity index (χ1v) is 17.0. The number of aromatic hydroxyl groups is 1. The average Bonchev–Trinajstić information content (AvgIpc) is 3.72. The minimum Gasteiger partial charge on any atom is -0.506 e. The summed E-state index contributed by atoms with van der Waals surface area (Å²) >= 11 is 6.71. The van der Waals surface area contributed by atoms with Gasteiger partial charge < -0.3 is 19.3 Å². The fraction of sp³-hybridized carbons (Fsp3) is 0.361. The van der Waals surface area contributed by atoms with Gasteiger partial charge in [-0.2, -0.15) is 4.68 Å². The van der Waals surface area contributed by atoms with Crippen LogP contribution in [-0.2, 0) is 17.7 Å². The lowest BCUT2D eigenvalue weighted by Crippen LogP contribution is -2.31. The van der Waals surface area contributed by atoms with Gasteiger partial charge in [0.05, 0.1) is 0 Å². The molecule has 3 heterocycles. The standard InChI is InChI=1S/C36H41ClN8O4/c1-6-10-16-30-39-34(37)32(33(47)31-29(46)20-19-28(38-31)36(48)43(7-2)8-3)44(30)22-24-17-18-26(25-14-12-11-13-15-25)27(21-24)35-40-41-42-45(35)23(5)49-9-4/h11-15,17-21,23,46H,6-10,16,22H2,1-5H3. The van der Waals surface area contributed by atoms with Crippen LogP contribution in [0.4, 0.5) is 0 Å². The minimum absolute atomic E-state index is 0.00612. The Balaban J connectivity index is 1.62. The molecule has 49 heavy (non-hydrogen) atoms. The van der Waals surface area contributed by atoms with E-state index < -0.39 is 12.0 Å². The van der Waals surface area contributed by atoms with Gasteiger partial charge in [-0.05, 0) is 79.4 Å². The summed E-state index contributed by atoms with van der Waals surface area (Å²) in [5.74, 6) is -0.188. The van der Waals surface area contributed by atoms with E-state index in [1.807, 2.05) is 76.2 Å². The number of tetrazole rings is 1. The highest BCUT2D eigenvalue weighted by molar-refractivity contribution is 6.33. The third kappa shape index (κ3) is 7.55. The Morgan fingerprint density at radius 2 is 1.73 bits per heavy atom. The topological polar surface area (TPSA) is 141 Å². The van der Waals surface area contributed by atoms with Crippen LogP contribution in [0.2, 0.25) is 5.15 Å². The summed E-state index contributed by atoms with van der Waals surface area (Å²) in [5, 5.41) is 23.4. The van der Waals surface area contributed by atoms with Crippen LogP contribution < -0.4 is 0 Å². The fourth-order valence-corrected chi connectivity index (χ4v) is 6.04. The number of aryl methyl sites for hydroxylation is 1. The molecule has 12 nitrogen and oxygen atoms in total. The largest absolute Gasteiger partial charge is 0.506 e. The monoisotopic (exact) mass is 684 g/mol. The number of ether oxygens (including phenoxy) is 1. The van der Waals surface area contributed by atoms with Crippen LogP contribution >= 0.6 is 11.6 Å². The van der Waals surface area contributed by atoms with Crippen molar-refractivity contribution in [2.24, 2.45) is 0 Å². The zero-order valence-corrected chi connectivity index (χ0v) is 29.2. The SMILES string of the molecule is CCCCc1nc(Cl)c(C(=O)c2nc(C(=O)N(CC)CC)ccc2O)n1Cc1ccc(-c2ccccc2)c(-c2nnnn2C(C)OCC)c1. The number of amides is 1. The summed E-state index contributed by atoms with van der Waals surface area (Å²) in [4.78, 5) is 37.8. The summed E-state index contributed by atoms with van der Waals surface area (Å²) in [6, 6.07) is 18.6. The molecule has 0 bridgehead atoms. The van der Waals surface area contributed by atoms with Gasteiger partial charge in [0.25, 0.3) is 5.91 Å². The van der Waals surface area contributed by atoms with Gasteiger partial charge in [0.1, 0.15) is 23.0 Å². The predicted molar refractivity (Wildman–Crippen MR) is 187 cm³/mol. The van der Waals surface area contributed by atoms with Crippen molar-refractivity contribution in [3.05, 3.63) is 94.3 Å². The van der Waals surface area contributed by atoms with Crippen molar-refractivity contribution in [2.45, 2.75) is 66.7 Å². The van der Waals surface area contributed by atoms with Crippen LogP contribution in [0.15, 0.2) is 60.7 Å². The molecule has 5 aromatic rings. The molecule has 5 rings (SSSR count). The molecule has 2 aromatic carbocycles. The molecule has 0 saturated carbocycles. The average molecular weight is 685 g/mol. The van der Waals surface area contributed by atoms with E-state index in [-0.39, 0.29) is 40.4 Å². The van der Waals surface area contributed by atoms with Crippen molar-refractivity contribution in [2.75, 3.05) is 19.7 Å². The molecular weight excluding hydrogens is 644 g/mol. The Kier molecular flexibility index (Phi) is 11.5. The lowest BCUT2D eigenvalue weighted by molar-refractivity contribution is 0.0159. The molecule has 0 aliphatic rings. The number of ketones is 1. The lowest BCUT2D eigenvalue weighted by atomic mass is 9.96. The number of carbonyl (C=O) groups is 2. The van der Waals surface area contributed by atoms with Crippen molar-refractivity contribution in [1.29, 1.82) is 0 Å². The Bertz CT molecular complexity index is 1920. The number of carbonyl (C=O) groups excluding carboxylic acids is 2. The summed E-state index contributed by atoms with van der Waals surface area (Å²) in [6.07, 6.45) is 1.88. The molecule has 3 aromatic heterocycles. The third-order valence-corrected chi connectivity index (χ3v) is 8.59. The smallest absolute Gasteiger partial charge is 0.272 e. The van der Waals surface area contributed by atoms with Gasteiger partial charge in [0.2, 0.25) is 5.78 Å². The zero-order chi connectivity index (χ0) is 35.1. The molecule has 0 aliphatic carbocycles. The van der Waals surface area contributed by atoms with Crippen molar-refractivity contribution in [1.82, 2.24) is 39.6 Å². The van der Waals surface area contributed by atoms with Gasteiger partial charge in [0.15, 0.2) is 22.9 Å². The predicted octanol–water partition coefficient (Wildman–Crippen LogP) is 6.62. The first-order valence-electron chi connectivity index (χ1n) is 16.6. The Labute approximate surface area is 290 Å². The normalized spacial score (nSPS) is 11.9. The van der Waals surface area contributed by atoms with Gasteiger partial charge in [-0.1, -0.05) is 67.4 Å². The highest BCUT2D eigenvalue weighted by atomic mass is 35.5. The molecule has 1 N–H and O–H groups in total. The highest BCUT2D eigenvalue weighted by Gasteiger charge is 2.28. The summed E-state index contributed by atoms with van der Waals surface area (Å²) in [5.41, 5.74) is 3.36. The molecule has 0 saturated heterocycles. The van der Waals surface area contributed by atoms with Crippen LogP contribution in [0, 0.1) is 0 Å². The molecule has 0 radical (unpaired) electrons. The molecule has 1 amide bonds. The van der Waals surface area contributed by atoms with Crippen LogP contribution in [0.5, 0.6) is 5.75 Å². The molecule has 256 valence electrons. The molecule has 0 aliphatic heterocycles. The second-order valence-electron chi connectivity index (χ2n) is 11.5. The van der Waals surface area contributed by atoms with Gasteiger partial charge in [-0.15, -0.1) is 5.10 Å². The number of imidazole rings is 1. The van der Waals surface area contributed by atoms with Gasteiger partial charge in [-0.3, -0.25) is 9.59 Å². The number of benzene rings is 2. The van der Waals surface area contributed by atoms with E-state index in [0.29, 0.717) is 37.8 Å². The first kappa shape index (κ1) is 35.4. The van der Waals surface area contributed by atoms with Gasteiger partial charge in [-0.25, -0.2) is 9.97 Å². The highest BCUT2D eigenvalue weighted by Crippen LogP contribution is 2.34. The minimum atomic E-state index is -0.637. The van der Waals surface area contributed by atoms with Crippen LogP contribution in [0.1, 0.15) is 91.7 Å². The van der Waals surface area contributed by atoms with E-state index in [0.717, 1.165) is 35.1 Å². The quantitative estimate of drug-likeness (QED) is 0.121. The van der Waals surface area contributed by atoms with Crippen molar-refractivity contribution >= 4 is 23.3 Å². The number of unbranched alkanes of at least 4 members (excludes halogenated alkanes) is 1. The van der Waals surface area contributed by atoms with Gasteiger partial charge in [0, 0.05) is 38.2 Å². The molecule has 1 atom stereocenters. The number of halogens is 1. The summed E-state index contributed by atoms with van der Waals surface area (Å²) in [6.45, 7) is 11.3. The zero-order valence-electron chi connectivity index (χ0n) is 28.4. The third-order valence-electron chi connectivity index (χ3n) is 8.33. The van der Waals surface area contributed by atoms with E-state index >= 15 is 0 Å². The molecule has 13 heteroatoms. The summed E-state index contributed by atoms with van der Waals surface area (Å²) in [7, 11) is 0. The fourth-order valence-electron chi connectivity index (χ4n) is 5.76. The van der Waals surface area contributed by atoms with Crippen molar-refractivity contribution in [3.8, 4) is 28.3 Å².